The van der Waals surface area contributed by atoms with Gasteiger partial charge < -0.3 is 5.32 Å². The van der Waals surface area contributed by atoms with Crippen LogP contribution in [0.5, 0.6) is 0 Å². The first-order valence-corrected chi connectivity index (χ1v) is 8.97. The topological polar surface area (TPSA) is 118 Å². The first kappa shape index (κ1) is 17.1. The Hall–Kier alpha value is -1.00. The fourth-order valence-electron chi connectivity index (χ4n) is 1.57. The Balaban J connectivity index is 2.94. The van der Waals surface area contributed by atoms with Crippen molar-refractivity contribution in [1.82, 2.24) is 10.0 Å². The van der Waals surface area contributed by atoms with Crippen LogP contribution >= 0.6 is 0 Å². The molecule has 0 saturated carbocycles. The molecular weight excluding hydrogens is 302 g/mol. The lowest BCUT2D eigenvalue weighted by atomic mass is 10.2. The minimum absolute atomic E-state index is 0.108. The van der Waals surface area contributed by atoms with Crippen molar-refractivity contribution in [3.05, 3.63) is 24.3 Å². The maximum absolute atomic E-state index is 12.1. The lowest BCUT2D eigenvalue weighted by Gasteiger charge is -2.12. The zero-order valence-corrected chi connectivity index (χ0v) is 13.0. The van der Waals surface area contributed by atoms with E-state index in [-0.39, 0.29) is 22.3 Å². The molecule has 0 aliphatic carbocycles. The van der Waals surface area contributed by atoms with Crippen molar-refractivity contribution in [2.75, 3.05) is 20.1 Å². The molecule has 1 unspecified atom stereocenters. The third kappa shape index (κ3) is 4.84. The molecule has 9 heteroatoms. The van der Waals surface area contributed by atoms with Gasteiger partial charge in [0, 0.05) is 6.54 Å². The number of benzene rings is 1. The highest BCUT2D eigenvalue weighted by Gasteiger charge is 2.17. The molecule has 0 aliphatic rings. The fraction of sp³-hybridized carbons (Fsp3) is 0.455. The molecule has 1 aromatic rings. The molecule has 0 saturated heterocycles. The molecule has 1 aromatic carbocycles. The van der Waals surface area contributed by atoms with Crippen LogP contribution < -0.4 is 15.2 Å². The summed E-state index contributed by atoms with van der Waals surface area (Å²) < 4.78 is 49.0. The monoisotopic (exact) mass is 321 g/mol. The molecule has 0 bridgehead atoms. The van der Waals surface area contributed by atoms with Crippen LogP contribution in [0.1, 0.15) is 6.92 Å². The van der Waals surface area contributed by atoms with E-state index in [0.717, 1.165) is 6.07 Å². The van der Waals surface area contributed by atoms with Gasteiger partial charge in [-0.15, -0.1) is 0 Å². The molecule has 0 aliphatic heterocycles. The molecule has 4 N–H and O–H groups in total. The summed E-state index contributed by atoms with van der Waals surface area (Å²) in [5, 5.41) is 7.92. The molecule has 7 nitrogen and oxygen atoms in total. The van der Waals surface area contributed by atoms with E-state index < -0.39 is 20.0 Å². The van der Waals surface area contributed by atoms with E-state index in [9.17, 15) is 16.8 Å². The Labute approximate surface area is 119 Å². The summed E-state index contributed by atoms with van der Waals surface area (Å²) in [6.07, 6.45) is 0. The first-order valence-electron chi connectivity index (χ1n) is 5.94. The van der Waals surface area contributed by atoms with Crippen molar-refractivity contribution in [2.24, 2.45) is 11.1 Å². The molecule has 0 heterocycles. The van der Waals surface area contributed by atoms with Gasteiger partial charge in [-0.05, 0) is 37.7 Å². The van der Waals surface area contributed by atoms with E-state index in [1.54, 1.807) is 7.05 Å². The summed E-state index contributed by atoms with van der Waals surface area (Å²) in [6, 6.07) is 4.95. The molecule has 114 valence electrons. The average Bonchev–Trinajstić information content (AvgIpc) is 2.36. The number of hydrogen-bond donors (Lipinski definition) is 3. The van der Waals surface area contributed by atoms with E-state index in [4.69, 9.17) is 5.14 Å². The van der Waals surface area contributed by atoms with Gasteiger partial charge in [-0.2, -0.15) is 0 Å². The predicted octanol–water partition coefficient (Wildman–Crippen LogP) is -0.532. The van der Waals surface area contributed by atoms with Crippen molar-refractivity contribution >= 4 is 20.0 Å². The summed E-state index contributed by atoms with van der Waals surface area (Å²) in [4.78, 5) is -0.357. The van der Waals surface area contributed by atoms with E-state index >= 15 is 0 Å². The van der Waals surface area contributed by atoms with Gasteiger partial charge in [0.2, 0.25) is 20.0 Å². The third-order valence-corrected chi connectivity index (χ3v) is 4.95. The zero-order valence-electron chi connectivity index (χ0n) is 11.3. The number of nitrogens with one attached hydrogen (secondary N) is 2. The SMILES string of the molecule is CNCC(C)CNS(=O)(=O)c1cccc(S(N)(=O)=O)c1. The molecule has 0 radical (unpaired) electrons. The van der Waals surface area contributed by atoms with Crippen LogP contribution in [0.25, 0.3) is 0 Å². The lowest BCUT2D eigenvalue weighted by Crippen LogP contribution is -2.32. The van der Waals surface area contributed by atoms with Gasteiger partial charge in [0.1, 0.15) is 0 Å². The number of sulfonamides is 2. The van der Waals surface area contributed by atoms with Gasteiger partial charge in [-0.25, -0.2) is 26.7 Å². The van der Waals surface area contributed by atoms with E-state index in [2.05, 4.69) is 10.0 Å². The maximum Gasteiger partial charge on any atom is 0.240 e. The molecule has 0 fully saturated rings. The summed E-state index contributed by atoms with van der Waals surface area (Å²) >= 11 is 0. The Bertz CT molecular complexity index is 656. The van der Waals surface area contributed by atoms with E-state index in [0.29, 0.717) is 6.54 Å². The number of rotatable bonds is 7. The van der Waals surface area contributed by atoms with Gasteiger partial charge in [0.25, 0.3) is 0 Å². The predicted molar refractivity (Wildman–Crippen MR) is 76.1 cm³/mol. The van der Waals surface area contributed by atoms with Gasteiger partial charge in [-0.1, -0.05) is 13.0 Å². The molecule has 20 heavy (non-hydrogen) atoms. The number of hydrogen-bond acceptors (Lipinski definition) is 5. The summed E-state index contributed by atoms with van der Waals surface area (Å²) in [5.74, 6) is 0.108. The quantitative estimate of drug-likeness (QED) is 0.624. The minimum Gasteiger partial charge on any atom is -0.319 e. The van der Waals surface area contributed by atoms with Crippen LogP contribution in [0.3, 0.4) is 0 Å². The molecule has 0 spiro atoms. The van der Waals surface area contributed by atoms with Gasteiger partial charge in [-0.3, -0.25) is 0 Å². The third-order valence-electron chi connectivity index (χ3n) is 2.62. The standard InChI is InChI=1S/C11H19N3O4S2/c1-9(7-13-2)8-14-20(17,18)11-5-3-4-10(6-11)19(12,15)16/h3-6,9,13-14H,7-8H2,1-2H3,(H2,12,15,16). The average molecular weight is 321 g/mol. The highest BCUT2D eigenvalue weighted by Crippen LogP contribution is 2.14. The highest BCUT2D eigenvalue weighted by molar-refractivity contribution is 7.90. The Morgan fingerprint density at radius 3 is 2.30 bits per heavy atom. The smallest absolute Gasteiger partial charge is 0.240 e. The van der Waals surface area contributed by atoms with Crippen LogP contribution in [0.15, 0.2) is 34.1 Å². The second-order valence-electron chi connectivity index (χ2n) is 4.53. The second-order valence-corrected chi connectivity index (χ2v) is 7.86. The summed E-state index contributed by atoms with van der Waals surface area (Å²) in [6.45, 7) is 2.81. The van der Waals surface area contributed by atoms with E-state index in [1.807, 2.05) is 6.92 Å². The summed E-state index contributed by atoms with van der Waals surface area (Å²) in [5.41, 5.74) is 0. The van der Waals surface area contributed by atoms with Crippen molar-refractivity contribution < 1.29 is 16.8 Å². The Morgan fingerprint density at radius 1 is 1.15 bits per heavy atom. The van der Waals surface area contributed by atoms with Crippen molar-refractivity contribution in [1.29, 1.82) is 0 Å². The van der Waals surface area contributed by atoms with Gasteiger partial charge in [0.15, 0.2) is 0 Å². The van der Waals surface area contributed by atoms with Crippen LogP contribution in [0.4, 0.5) is 0 Å². The maximum atomic E-state index is 12.1. The van der Waals surface area contributed by atoms with E-state index in [1.165, 1.54) is 18.2 Å². The largest absolute Gasteiger partial charge is 0.319 e. The van der Waals surface area contributed by atoms with Crippen molar-refractivity contribution in [3.63, 3.8) is 0 Å². The number of nitrogens with two attached hydrogens (primary N) is 1. The van der Waals surface area contributed by atoms with Crippen molar-refractivity contribution in [2.45, 2.75) is 16.7 Å². The van der Waals surface area contributed by atoms with Crippen molar-refractivity contribution in [3.8, 4) is 0 Å². The zero-order chi connectivity index (χ0) is 15.4. The first-order chi connectivity index (χ1) is 9.16. The van der Waals surface area contributed by atoms with Crippen LogP contribution in [-0.2, 0) is 20.0 Å². The van der Waals surface area contributed by atoms with Crippen LogP contribution in [0, 0.1) is 5.92 Å². The summed E-state index contributed by atoms with van der Waals surface area (Å²) in [7, 11) is -5.90. The molecular formula is C11H19N3O4S2. The van der Waals surface area contributed by atoms with Crippen LogP contribution in [0.2, 0.25) is 0 Å². The molecule has 0 aromatic heterocycles. The molecule has 0 amide bonds. The normalized spacial score (nSPS) is 14.2. The Kier molecular flexibility index (Phi) is 5.66. The Morgan fingerprint density at radius 2 is 1.75 bits per heavy atom. The second kappa shape index (κ2) is 6.64. The molecule has 1 atom stereocenters. The van der Waals surface area contributed by atoms with Gasteiger partial charge >= 0.3 is 0 Å². The van der Waals surface area contributed by atoms with Gasteiger partial charge in [0.05, 0.1) is 9.79 Å². The lowest BCUT2D eigenvalue weighted by molar-refractivity contribution is 0.519. The highest BCUT2D eigenvalue weighted by atomic mass is 32.2. The fourth-order valence-corrected chi connectivity index (χ4v) is 3.42. The number of primary sulfonamides is 1. The molecule has 1 rings (SSSR count). The van der Waals surface area contributed by atoms with Crippen LogP contribution in [-0.4, -0.2) is 37.0 Å². The minimum atomic E-state index is -3.93.